The largest absolute Gasteiger partial charge is 0.335 e. The highest BCUT2D eigenvalue weighted by Gasteiger charge is 2.27. The standard InChI is InChI=1S/C23H19N5O2S/c24-15-17-5-1-3-7-20(17)31-21-8-4-2-6-18(21)22(29)27-11-13-28(14-12-27)23(30)19-16-25-9-10-26-19/h1-10,16H,11-14H2. The normalized spacial score (nSPS) is 13.5. The highest BCUT2D eigenvalue weighted by molar-refractivity contribution is 7.99. The Kier molecular flexibility index (Phi) is 6.24. The molecule has 2 aromatic carbocycles. The molecule has 0 N–H and O–H groups in total. The van der Waals surface area contributed by atoms with E-state index in [-0.39, 0.29) is 11.8 Å². The Morgan fingerprint density at radius 2 is 1.52 bits per heavy atom. The van der Waals surface area contributed by atoms with Crippen molar-refractivity contribution in [3.8, 4) is 6.07 Å². The number of carbonyl (C=O) groups is 2. The lowest BCUT2D eigenvalue weighted by molar-refractivity contribution is 0.0530. The van der Waals surface area contributed by atoms with E-state index in [0.717, 1.165) is 9.79 Å². The van der Waals surface area contributed by atoms with Gasteiger partial charge in [-0.05, 0) is 24.3 Å². The number of nitriles is 1. The van der Waals surface area contributed by atoms with Gasteiger partial charge in [-0.1, -0.05) is 36.0 Å². The number of benzene rings is 2. The summed E-state index contributed by atoms with van der Waals surface area (Å²) < 4.78 is 0. The summed E-state index contributed by atoms with van der Waals surface area (Å²) >= 11 is 1.41. The van der Waals surface area contributed by atoms with Crippen LogP contribution in [-0.2, 0) is 0 Å². The Morgan fingerprint density at radius 3 is 2.19 bits per heavy atom. The smallest absolute Gasteiger partial charge is 0.274 e. The molecule has 7 nitrogen and oxygen atoms in total. The van der Waals surface area contributed by atoms with Crippen molar-refractivity contribution in [3.63, 3.8) is 0 Å². The third-order valence-electron chi connectivity index (χ3n) is 4.98. The van der Waals surface area contributed by atoms with E-state index in [1.807, 2.05) is 36.4 Å². The van der Waals surface area contributed by atoms with Crippen molar-refractivity contribution < 1.29 is 9.59 Å². The third-order valence-corrected chi connectivity index (χ3v) is 6.13. The molecule has 1 fully saturated rings. The maximum absolute atomic E-state index is 13.2. The van der Waals surface area contributed by atoms with Gasteiger partial charge in [0.05, 0.1) is 17.3 Å². The average molecular weight is 430 g/mol. The van der Waals surface area contributed by atoms with Crippen LogP contribution < -0.4 is 0 Å². The van der Waals surface area contributed by atoms with Crippen LogP contribution in [0.1, 0.15) is 26.4 Å². The van der Waals surface area contributed by atoms with E-state index in [4.69, 9.17) is 0 Å². The van der Waals surface area contributed by atoms with Gasteiger partial charge in [-0.15, -0.1) is 0 Å². The third kappa shape index (κ3) is 4.57. The number of carbonyl (C=O) groups excluding carboxylic acids is 2. The van der Waals surface area contributed by atoms with Crippen molar-refractivity contribution >= 4 is 23.6 Å². The summed E-state index contributed by atoms with van der Waals surface area (Å²) in [6.45, 7) is 1.76. The molecule has 0 radical (unpaired) electrons. The summed E-state index contributed by atoms with van der Waals surface area (Å²) in [7, 11) is 0. The summed E-state index contributed by atoms with van der Waals surface area (Å²) in [6, 6.07) is 16.9. The van der Waals surface area contributed by atoms with Crippen LogP contribution in [-0.4, -0.2) is 57.8 Å². The van der Waals surface area contributed by atoms with Crippen LogP contribution in [0.15, 0.2) is 76.9 Å². The lowest BCUT2D eigenvalue weighted by atomic mass is 10.1. The molecule has 0 atom stereocenters. The Morgan fingerprint density at radius 1 is 0.871 bits per heavy atom. The minimum atomic E-state index is -0.177. The van der Waals surface area contributed by atoms with Crippen molar-refractivity contribution in [2.75, 3.05) is 26.2 Å². The van der Waals surface area contributed by atoms with Crippen LogP contribution in [0.25, 0.3) is 0 Å². The molecule has 1 aliphatic heterocycles. The van der Waals surface area contributed by atoms with Crippen LogP contribution in [0.3, 0.4) is 0 Å². The lowest BCUT2D eigenvalue weighted by Crippen LogP contribution is -2.50. The van der Waals surface area contributed by atoms with Crippen LogP contribution in [0.5, 0.6) is 0 Å². The first-order valence-electron chi connectivity index (χ1n) is 9.78. The number of aromatic nitrogens is 2. The fourth-order valence-electron chi connectivity index (χ4n) is 3.35. The van der Waals surface area contributed by atoms with Crippen molar-refractivity contribution in [2.45, 2.75) is 9.79 Å². The number of rotatable bonds is 4. The van der Waals surface area contributed by atoms with Crippen molar-refractivity contribution in [3.05, 3.63) is 83.9 Å². The summed E-state index contributed by atoms with van der Waals surface area (Å²) in [5, 5.41) is 9.35. The highest BCUT2D eigenvalue weighted by Crippen LogP contribution is 2.33. The molecule has 0 aliphatic carbocycles. The first-order chi connectivity index (χ1) is 15.2. The van der Waals surface area contributed by atoms with Gasteiger partial charge < -0.3 is 9.80 Å². The van der Waals surface area contributed by atoms with Gasteiger partial charge in [0, 0.05) is 48.4 Å². The molecule has 2 heterocycles. The molecule has 2 amide bonds. The molecule has 154 valence electrons. The topological polar surface area (TPSA) is 90.2 Å². The van der Waals surface area contributed by atoms with Crippen LogP contribution in [0.4, 0.5) is 0 Å². The predicted octanol–water partition coefficient (Wildman–Crippen LogP) is 3.10. The van der Waals surface area contributed by atoms with E-state index in [1.54, 1.807) is 21.9 Å². The fourth-order valence-corrected chi connectivity index (χ4v) is 4.37. The van der Waals surface area contributed by atoms with Crippen molar-refractivity contribution in [2.24, 2.45) is 0 Å². The molecular formula is C23H19N5O2S. The number of hydrogen-bond acceptors (Lipinski definition) is 6. The summed E-state index contributed by atoms with van der Waals surface area (Å²) in [4.78, 5) is 38.9. The predicted molar refractivity (Wildman–Crippen MR) is 116 cm³/mol. The SMILES string of the molecule is N#Cc1ccccc1Sc1ccccc1C(=O)N1CCN(C(=O)c2cnccn2)CC1. The molecule has 0 saturated carbocycles. The fraction of sp³-hybridized carbons (Fsp3) is 0.174. The van der Waals surface area contributed by atoms with Crippen LogP contribution in [0.2, 0.25) is 0 Å². The second-order valence-electron chi connectivity index (χ2n) is 6.88. The van der Waals surface area contributed by atoms with Crippen LogP contribution >= 0.6 is 11.8 Å². The molecular weight excluding hydrogens is 410 g/mol. The zero-order valence-electron chi connectivity index (χ0n) is 16.6. The van der Waals surface area contributed by atoms with Gasteiger partial charge in [-0.3, -0.25) is 14.6 Å². The minimum Gasteiger partial charge on any atom is -0.335 e. The van der Waals surface area contributed by atoms with E-state index in [1.165, 1.54) is 30.4 Å². The van der Waals surface area contributed by atoms with Gasteiger partial charge in [0.1, 0.15) is 11.8 Å². The van der Waals surface area contributed by atoms with Crippen molar-refractivity contribution in [1.82, 2.24) is 19.8 Å². The van der Waals surface area contributed by atoms with Crippen LogP contribution in [0, 0.1) is 11.3 Å². The summed E-state index contributed by atoms with van der Waals surface area (Å²) in [5.41, 5.74) is 1.47. The monoisotopic (exact) mass is 429 g/mol. The molecule has 1 aliphatic rings. The van der Waals surface area contributed by atoms with Crippen molar-refractivity contribution in [1.29, 1.82) is 5.26 Å². The van der Waals surface area contributed by atoms with E-state index in [0.29, 0.717) is 43.0 Å². The van der Waals surface area contributed by atoms with Gasteiger partial charge in [-0.25, -0.2) is 4.98 Å². The number of amides is 2. The van der Waals surface area contributed by atoms with Gasteiger partial charge >= 0.3 is 0 Å². The lowest BCUT2D eigenvalue weighted by Gasteiger charge is -2.34. The molecule has 4 rings (SSSR count). The molecule has 0 unspecified atom stereocenters. The van der Waals surface area contributed by atoms with Gasteiger partial charge in [0.15, 0.2) is 0 Å². The molecule has 0 bridgehead atoms. The molecule has 3 aromatic rings. The zero-order valence-corrected chi connectivity index (χ0v) is 17.5. The molecule has 1 saturated heterocycles. The van der Waals surface area contributed by atoms with Gasteiger partial charge in [0.25, 0.3) is 11.8 Å². The quantitative estimate of drug-likeness (QED) is 0.633. The molecule has 1 aromatic heterocycles. The number of nitrogens with zero attached hydrogens (tertiary/aromatic N) is 5. The maximum Gasteiger partial charge on any atom is 0.274 e. The minimum absolute atomic E-state index is 0.0795. The summed E-state index contributed by atoms with van der Waals surface area (Å²) in [5.74, 6) is -0.256. The van der Waals surface area contributed by atoms with Gasteiger partial charge in [-0.2, -0.15) is 5.26 Å². The maximum atomic E-state index is 13.2. The average Bonchev–Trinajstić information content (AvgIpc) is 2.84. The second kappa shape index (κ2) is 9.41. The molecule has 8 heteroatoms. The van der Waals surface area contributed by atoms with E-state index in [9.17, 15) is 14.9 Å². The second-order valence-corrected chi connectivity index (χ2v) is 7.97. The first kappa shape index (κ1) is 20.6. The Labute approximate surface area is 184 Å². The summed E-state index contributed by atoms with van der Waals surface area (Å²) in [6.07, 6.45) is 4.47. The first-order valence-corrected chi connectivity index (χ1v) is 10.6. The van der Waals surface area contributed by atoms with E-state index >= 15 is 0 Å². The van der Waals surface area contributed by atoms with E-state index in [2.05, 4.69) is 16.0 Å². The Bertz CT molecular complexity index is 1140. The zero-order chi connectivity index (χ0) is 21.6. The molecule has 0 spiro atoms. The highest BCUT2D eigenvalue weighted by atomic mass is 32.2. The molecule has 31 heavy (non-hydrogen) atoms. The Hall–Kier alpha value is -3.70. The number of piperazine rings is 1. The number of hydrogen-bond donors (Lipinski definition) is 0. The van der Waals surface area contributed by atoms with Gasteiger partial charge in [0.2, 0.25) is 0 Å². The Balaban J connectivity index is 1.46. The van der Waals surface area contributed by atoms with E-state index < -0.39 is 0 Å².